The Kier molecular flexibility index (Phi) is 3.87. The molecule has 3 rings (SSSR count). The fourth-order valence-corrected chi connectivity index (χ4v) is 5.73. The van der Waals surface area contributed by atoms with Crippen molar-refractivity contribution >= 4 is 29.4 Å². The Morgan fingerprint density at radius 2 is 2.29 bits per heavy atom. The van der Waals surface area contributed by atoms with Gasteiger partial charge in [0.2, 0.25) is 5.91 Å². The van der Waals surface area contributed by atoms with Gasteiger partial charge in [-0.3, -0.25) is 4.79 Å². The van der Waals surface area contributed by atoms with Gasteiger partial charge in [-0.05, 0) is 19.3 Å². The highest BCUT2D eigenvalue weighted by atomic mass is 32.2. The Morgan fingerprint density at radius 1 is 1.35 bits per heavy atom. The molecule has 1 amide bonds. The molecule has 4 atom stereocenters. The third-order valence-electron chi connectivity index (χ3n) is 4.03. The third kappa shape index (κ3) is 2.76. The minimum absolute atomic E-state index is 0.245. The van der Waals surface area contributed by atoms with Crippen molar-refractivity contribution < 1.29 is 4.79 Å². The van der Waals surface area contributed by atoms with E-state index in [9.17, 15) is 4.79 Å². The van der Waals surface area contributed by atoms with Crippen LogP contribution in [0.2, 0.25) is 0 Å². The van der Waals surface area contributed by atoms with Gasteiger partial charge >= 0.3 is 0 Å². The lowest BCUT2D eigenvalue weighted by molar-refractivity contribution is -0.125. The molecule has 3 aliphatic heterocycles. The van der Waals surface area contributed by atoms with E-state index in [2.05, 4.69) is 10.6 Å². The van der Waals surface area contributed by atoms with Crippen LogP contribution in [0.3, 0.4) is 0 Å². The van der Waals surface area contributed by atoms with Crippen LogP contribution >= 0.6 is 23.5 Å². The molecule has 3 aliphatic rings. The van der Waals surface area contributed by atoms with Gasteiger partial charge in [-0.2, -0.15) is 23.5 Å². The summed E-state index contributed by atoms with van der Waals surface area (Å²) in [5.41, 5.74) is 0. The maximum Gasteiger partial charge on any atom is 0.224 e. The quantitative estimate of drug-likeness (QED) is 0.807. The van der Waals surface area contributed by atoms with Crippen LogP contribution in [-0.2, 0) is 4.79 Å². The average Bonchev–Trinajstić information content (AvgIpc) is 2.99. The van der Waals surface area contributed by atoms with Crippen molar-refractivity contribution in [3.63, 3.8) is 0 Å². The van der Waals surface area contributed by atoms with Crippen molar-refractivity contribution in [1.29, 1.82) is 0 Å². The van der Waals surface area contributed by atoms with E-state index in [0.29, 0.717) is 23.2 Å². The first-order valence-electron chi connectivity index (χ1n) is 6.56. The van der Waals surface area contributed by atoms with E-state index in [1.54, 1.807) is 0 Å². The molecular weight excluding hydrogens is 252 g/mol. The zero-order valence-corrected chi connectivity index (χ0v) is 11.6. The first-order valence-corrected chi connectivity index (χ1v) is 8.76. The average molecular weight is 272 g/mol. The molecule has 2 bridgehead atoms. The van der Waals surface area contributed by atoms with E-state index in [4.69, 9.17) is 0 Å². The van der Waals surface area contributed by atoms with Crippen molar-refractivity contribution in [2.24, 2.45) is 5.92 Å². The largest absolute Gasteiger partial charge is 0.355 e. The Hall–Kier alpha value is 0.130. The van der Waals surface area contributed by atoms with Gasteiger partial charge in [-0.15, -0.1) is 0 Å². The van der Waals surface area contributed by atoms with Crippen LogP contribution in [0, 0.1) is 5.92 Å². The molecular formula is C12H20N2OS2. The summed E-state index contributed by atoms with van der Waals surface area (Å²) in [6.07, 6.45) is 3.52. The van der Waals surface area contributed by atoms with Gasteiger partial charge in [-0.25, -0.2) is 0 Å². The number of hydrogen-bond donors (Lipinski definition) is 2. The van der Waals surface area contributed by atoms with Crippen molar-refractivity contribution in [2.45, 2.75) is 36.6 Å². The van der Waals surface area contributed by atoms with E-state index in [-0.39, 0.29) is 5.92 Å². The van der Waals surface area contributed by atoms with Gasteiger partial charge in [0.05, 0.1) is 5.92 Å². The molecule has 3 saturated heterocycles. The van der Waals surface area contributed by atoms with Gasteiger partial charge in [0.15, 0.2) is 0 Å². The Labute approximate surface area is 111 Å². The number of fused-ring (bicyclic) bond motifs is 2. The van der Waals surface area contributed by atoms with Crippen LogP contribution < -0.4 is 10.6 Å². The van der Waals surface area contributed by atoms with Crippen LogP contribution in [0.4, 0.5) is 0 Å². The summed E-state index contributed by atoms with van der Waals surface area (Å²) in [7, 11) is 0. The third-order valence-corrected chi connectivity index (χ3v) is 6.87. The molecule has 3 fully saturated rings. The molecule has 3 heterocycles. The predicted molar refractivity (Wildman–Crippen MR) is 74.6 cm³/mol. The summed E-state index contributed by atoms with van der Waals surface area (Å²) in [4.78, 5) is 12.1. The standard InChI is InChI=1S/C12H20N2OS2/c15-12(10-5-8-1-2-11(10)14-8)13-6-9-7-16-3-4-17-9/h8-11,14H,1-7H2,(H,13,15). The van der Waals surface area contributed by atoms with Gasteiger partial charge < -0.3 is 10.6 Å². The van der Waals surface area contributed by atoms with Crippen molar-refractivity contribution in [3.05, 3.63) is 0 Å². The molecule has 5 heteroatoms. The number of carbonyl (C=O) groups is 1. The molecule has 0 aromatic rings. The second-order valence-electron chi connectivity index (χ2n) is 5.20. The molecule has 0 aliphatic carbocycles. The first-order chi connectivity index (χ1) is 8.33. The lowest BCUT2D eigenvalue weighted by atomic mass is 9.88. The molecule has 0 aromatic heterocycles. The number of rotatable bonds is 3. The van der Waals surface area contributed by atoms with Gasteiger partial charge in [-0.1, -0.05) is 0 Å². The van der Waals surface area contributed by atoms with E-state index in [0.717, 1.165) is 13.0 Å². The summed E-state index contributed by atoms with van der Waals surface area (Å²) in [5.74, 6) is 4.24. The highest BCUT2D eigenvalue weighted by Gasteiger charge is 2.42. The Morgan fingerprint density at radius 3 is 2.94 bits per heavy atom. The lowest BCUT2D eigenvalue weighted by Gasteiger charge is -2.24. The van der Waals surface area contributed by atoms with E-state index < -0.39 is 0 Å². The number of carbonyl (C=O) groups excluding carboxylic acids is 1. The smallest absolute Gasteiger partial charge is 0.224 e. The van der Waals surface area contributed by atoms with E-state index >= 15 is 0 Å². The predicted octanol–water partition coefficient (Wildman–Crippen LogP) is 1.09. The topological polar surface area (TPSA) is 41.1 Å². The molecule has 0 radical (unpaired) electrons. The summed E-state index contributed by atoms with van der Waals surface area (Å²) in [5, 5.41) is 7.32. The minimum Gasteiger partial charge on any atom is -0.355 e. The number of nitrogens with one attached hydrogen (secondary N) is 2. The van der Waals surface area contributed by atoms with E-state index in [1.807, 2.05) is 23.5 Å². The molecule has 3 nitrogen and oxygen atoms in total. The molecule has 4 unspecified atom stereocenters. The zero-order chi connectivity index (χ0) is 11.7. The highest BCUT2D eigenvalue weighted by Crippen LogP contribution is 2.33. The van der Waals surface area contributed by atoms with Crippen LogP contribution in [0.1, 0.15) is 19.3 Å². The van der Waals surface area contributed by atoms with Gasteiger partial charge in [0.25, 0.3) is 0 Å². The van der Waals surface area contributed by atoms with Crippen molar-refractivity contribution in [2.75, 3.05) is 23.8 Å². The maximum absolute atomic E-state index is 12.1. The molecule has 0 aromatic carbocycles. The Bertz CT molecular complexity index is 294. The summed E-state index contributed by atoms with van der Waals surface area (Å²) in [6, 6.07) is 1.09. The second kappa shape index (κ2) is 5.41. The minimum atomic E-state index is 0.245. The van der Waals surface area contributed by atoms with Crippen molar-refractivity contribution in [1.82, 2.24) is 10.6 Å². The molecule has 2 N–H and O–H groups in total. The number of thioether (sulfide) groups is 2. The van der Waals surface area contributed by atoms with Crippen LogP contribution in [0.25, 0.3) is 0 Å². The van der Waals surface area contributed by atoms with Crippen LogP contribution in [0.5, 0.6) is 0 Å². The summed E-state index contributed by atoms with van der Waals surface area (Å²) in [6.45, 7) is 0.865. The second-order valence-corrected chi connectivity index (χ2v) is 7.76. The molecule has 0 spiro atoms. The monoisotopic (exact) mass is 272 g/mol. The lowest BCUT2D eigenvalue weighted by Crippen LogP contribution is -2.41. The van der Waals surface area contributed by atoms with Crippen LogP contribution in [-0.4, -0.2) is 47.0 Å². The SMILES string of the molecule is O=C(NCC1CSCCS1)C1CC2CCC1N2. The fourth-order valence-electron chi connectivity index (χ4n) is 3.11. The molecule has 96 valence electrons. The normalized spacial score (nSPS) is 40.5. The zero-order valence-electron chi connectivity index (χ0n) is 9.98. The molecule has 17 heavy (non-hydrogen) atoms. The summed E-state index contributed by atoms with van der Waals surface area (Å²) < 4.78 is 0. The van der Waals surface area contributed by atoms with Gasteiger partial charge in [0, 0.05) is 41.1 Å². The molecule has 0 saturated carbocycles. The number of hydrogen-bond acceptors (Lipinski definition) is 4. The maximum atomic E-state index is 12.1. The van der Waals surface area contributed by atoms with E-state index in [1.165, 1.54) is 30.1 Å². The summed E-state index contributed by atoms with van der Waals surface area (Å²) >= 11 is 4.03. The van der Waals surface area contributed by atoms with Gasteiger partial charge in [0.1, 0.15) is 0 Å². The fraction of sp³-hybridized carbons (Fsp3) is 0.917. The highest BCUT2D eigenvalue weighted by molar-refractivity contribution is 8.06. The number of amides is 1. The Balaban J connectivity index is 1.44. The van der Waals surface area contributed by atoms with Crippen LogP contribution in [0.15, 0.2) is 0 Å². The van der Waals surface area contributed by atoms with Crippen molar-refractivity contribution in [3.8, 4) is 0 Å². The first kappa shape index (κ1) is 12.2.